The standard InChI is InChI=1S/C15H18N2O/c1-9-10(2)14-7-13(8-16)5-6-15(14)17(11(9)3)12(4)18/h5-7,9-11H,1-4H3/t9-,10?,11+/m1/s1. The Labute approximate surface area is 108 Å². The van der Waals surface area contributed by atoms with E-state index < -0.39 is 0 Å². The lowest BCUT2D eigenvalue weighted by molar-refractivity contribution is -0.117. The molecule has 0 N–H and O–H groups in total. The minimum absolute atomic E-state index is 0.0622. The molecule has 1 unspecified atom stereocenters. The van der Waals surface area contributed by atoms with E-state index >= 15 is 0 Å². The van der Waals surface area contributed by atoms with Crippen molar-refractivity contribution in [2.24, 2.45) is 5.92 Å². The molecule has 18 heavy (non-hydrogen) atoms. The van der Waals surface area contributed by atoms with Crippen LogP contribution in [0.1, 0.15) is 44.7 Å². The van der Waals surface area contributed by atoms with Gasteiger partial charge in [-0.3, -0.25) is 4.79 Å². The average molecular weight is 242 g/mol. The Morgan fingerprint density at radius 2 is 2.00 bits per heavy atom. The van der Waals surface area contributed by atoms with Crippen molar-refractivity contribution >= 4 is 11.6 Å². The van der Waals surface area contributed by atoms with E-state index in [2.05, 4.69) is 26.8 Å². The fourth-order valence-corrected chi connectivity index (χ4v) is 2.82. The monoisotopic (exact) mass is 242 g/mol. The van der Waals surface area contributed by atoms with Gasteiger partial charge in [-0.2, -0.15) is 5.26 Å². The van der Waals surface area contributed by atoms with Gasteiger partial charge >= 0.3 is 0 Å². The molecular formula is C15H18N2O. The molecule has 1 amide bonds. The lowest BCUT2D eigenvalue weighted by Crippen LogP contribution is -2.46. The van der Waals surface area contributed by atoms with Gasteiger partial charge in [0.25, 0.3) is 0 Å². The molecule has 1 heterocycles. The Hall–Kier alpha value is -1.82. The highest BCUT2D eigenvalue weighted by Crippen LogP contribution is 2.42. The van der Waals surface area contributed by atoms with Crippen molar-refractivity contribution < 1.29 is 4.79 Å². The highest BCUT2D eigenvalue weighted by Gasteiger charge is 2.35. The summed E-state index contributed by atoms with van der Waals surface area (Å²) in [4.78, 5) is 13.7. The third-order valence-corrected chi connectivity index (χ3v) is 4.20. The number of fused-ring (bicyclic) bond motifs is 1. The third kappa shape index (κ3) is 1.78. The summed E-state index contributed by atoms with van der Waals surface area (Å²) in [5, 5.41) is 8.99. The van der Waals surface area contributed by atoms with Crippen LogP contribution in [-0.2, 0) is 4.79 Å². The molecule has 1 aromatic carbocycles. The van der Waals surface area contributed by atoms with Crippen molar-refractivity contribution in [1.82, 2.24) is 0 Å². The summed E-state index contributed by atoms with van der Waals surface area (Å²) in [5.74, 6) is 0.807. The second-order valence-electron chi connectivity index (χ2n) is 5.16. The van der Waals surface area contributed by atoms with Gasteiger partial charge < -0.3 is 4.90 Å². The van der Waals surface area contributed by atoms with E-state index in [1.54, 1.807) is 13.0 Å². The number of nitriles is 1. The third-order valence-electron chi connectivity index (χ3n) is 4.20. The van der Waals surface area contributed by atoms with Gasteiger partial charge in [0.15, 0.2) is 0 Å². The predicted octanol–water partition coefficient (Wildman–Crippen LogP) is 3.05. The minimum Gasteiger partial charge on any atom is -0.309 e. The largest absolute Gasteiger partial charge is 0.309 e. The van der Waals surface area contributed by atoms with Crippen molar-refractivity contribution in [3.8, 4) is 6.07 Å². The number of hydrogen-bond acceptors (Lipinski definition) is 2. The van der Waals surface area contributed by atoms with Crippen molar-refractivity contribution in [3.05, 3.63) is 29.3 Å². The van der Waals surface area contributed by atoms with E-state index in [1.165, 1.54) is 0 Å². The summed E-state index contributed by atoms with van der Waals surface area (Å²) in [6.45, 7) is 8.01. The Bertz CT molecular complexity index is 530. The van der Waals surface area contributed by atoms with E-state index in [1.807, 2.05) is 17.0 Å². The van der Waals surface area contributed by atoms with Crippen molar-refractivity contribution in [2.75, 3.05) is 4.90 Å². The first-order valence-electron chi connectivity index (χ1n) is 6.31. The van der Waals surface area contributed by atoms with Gasteiger partial charge in [-0.15, -0.1) is 0 Å². The first-order valence-corrected chi connectivity index (χ1v) is 6.31. The van der Waals surface area contributed by atoms with Gasteiger partial charge in [-0.25, -0.2) is 0 Å². The number of nitrogens with zero attached hydrogens (tertiary/aromatic N) is 2. The molecular weight excluding hydrogens is 224 g/mol. The zero-order valence-electron chi connectivity index (χ0n) is 11.3. The Morgan fingerprint density at radius 3 is 2.56 bits per heavy atom. The van der Waals surface area contributed by atoms with Crippen LogP contribution in [0, 0.1) is 17.2 Å². The van der Waals surface area contributed by atoms with E-state index in [4.69, 9.17) is 5.26 Å². The highest BCUT2D eigenvalue weighted by atomic mass is 16.2. The minimum atomic E-state index is 0.0622. The molecule has 0 aliphatic carbocycles. The molecule has 0 saturated heterocycles. The normalized spacial score (nSPS) is 26.4. The van der Waals surface area contributed by atoms with Crippen LogP contribution in [-0.4, -0.2) is 11.9 Å². The van der Waals surface area contributed by atoms with Crippen LogP contribution in [0.4, 0.5) is 5.69 Å². The van der Waals surface area contributed by atoms with E-state index in [0.29, 0.717) is 17.4 Å². The van der Waals surface area contributed by atoms with Crippen LogP contribution in [0.25, 0.3) is 0 Å². The predicted molar refractivity (Wildman–Crippen MR) is 71.4 cm³/mol. The number of rotatable bonds is 0. The molecule has 3 atom stereocenters. The van der Waals surface area contributed by atoms with Crippen LogP contribution in [0.5, 0.6) is 0 Å². The summed E-state index contributed by atoms with van der Waals surface area (Å²) < 4.78 is 0. The Kier molecular flexibility index (Phi) is 3.13. The van der Waals surface area contributed by atoms with Gasteiger partial charge in [-0.1, -0.05) is 13.8 Å². The fraction of sp³-hybridized carbons (Fsp3) is 0.467. The lowest BCUT2D eigenvalue weighted by Gasteiger charge is -2.42. The zero-order chi connectivity index (χ0) is 13.4. The van der Waals surface area contributed by atoms with Gasteiger partial charge in [0.05, 0.1) is 11.6 Å². The van der Waals surface area contributed by atoms with E-state index in [0.717, 1.165) is 11.3 Å². The summed E-state index contributed by atoms with van der Waals surface area (Å²) in [7, 11) is 0. The SMILES string of the molecule is CC(=O)N1c2ccc(C#N)cc2C(C)[C@@H](C)[C@@H]1C. The maximum absolute atomic E-state index is 11.8. The Balaban J connectivity index is 2.62. The number of carbonyl (C=O) groups is 1. The van der Waals surface area contributed by atoms with Gasteiger partial charge in [0.2, 0.25) is 5.91 Å². The summed E-state index contributed by atoms with van der Waals surface area (Å²) >= 11 is 0. The molecule has 1 aliphatic heterocycles. The summed E-state index contributed by atoms with van der Waals surface area (Å²) in [6, 6.07) is 7.95. The quantitative estimate of drug-likeness (QED) is 0.701. The maximum Gasteiger partial charge on any atom is 0.224 e. The van der Waals surface area contributed by atoms with Gasteiger partial charge in [0, 0.05) is 18.7 Å². The second-order valence-corrected chi connectivity index (χ2v) is 5.16. The summed E-state index contributed by atoms with van der Waals surface area (Å²) in [5.41, 5.74) is 2.72. The topological polar surface area (TPSA) is 44.1 Å². The number of carbonyl (C=O) groups excluding carboxylic acids is 1. The molecule has 3 nitrogen and oxygen atoms in total. The molecule has 3 heteroatoms. The maximum atomic E-state index is 11.8. The van der Waals surface area contributed by atoms with E-state index in [-0.39, 0.29) is 11.9 Å². The molecule has 0 radical (unpaired) electrons. The first-order chi connectivity index (χ1) is 8.47. The van der Waals surface area contributed by atoms with Crippen LogP contribution in [0.2, 0.25) is 0 Å². The number of anilines is 1. The zero-order valence-corrected chi connectivity index (χ0v) is 11.3. The van der Waals surface area contributed by atoms with Crippen molar-refractivity contribution in [1.29, 1.82) is 5.26 Å². The average Bonchev–Trinajstić information content (AvgIpc) is 2.35. The van der Waals surface area contributed by atoms with Crippen LogP contribution in [0.15, 0.2) is 18.2 Å². The molecule has 1 aliphatic rings. The van der Waals surface area contributed by atoms with Gasteiger partial charge in [-0.05, 0) is 42.5 Å². The molecule has 1 aromatic rings. The molecule has 94 valence electrons. The number of amides is 1. The highest BCUT2D eigenvalue weighted by molar-refractivity contribution is 5.93. The molecule has 0 saturated carbocycles. The summed E-state index contributed by atoms with van der Waals surface area (Å²) in [6.07, 6.45) is 0. The lowest BCUT2D eigenvalue weighted by atomic mass is 9.78. The first kappa shape index (κ1) is 12.6. The second kappa shape index (κ2) is 4.45. The molecule has 2 rings (SSSR count). The smallest absolute Gasteiger partial charge is 0.224 e. The van der Waals surface area contributed by atoms with Crippen molar-refractivity contribution in [3.63, 3.8) is 0 Å². The molecule has 0 aromatic heterocycles. The molecule has 0 fully saturated rings. The number of hydrogen-bond donors (Lipinski definition) is 0. The van der Waals surface area contributed by atoms with Gasteiger partial charge in [0.1, 0.15) is 0 Å². The fourth-order valence-electron chi connectivity index (χ4n) is 2.82. The number of benzene rings is 1. The van der Waals surface area contributed by atoms with E-state index in [9.17, 15) is 4.79 Å². The van der Waals surface area contributed by atoms with Crippen LogP contribution in [0.3, 0.4) is 0 Å². The molecule has 0 bridgehead atoms. The molecule has 0 spiro atoms. The van der Waals surface area contributed by atoms with Crippen molar-refractivity contribution in [2.45, 2.75) is 39.7 Å². The van der Waals surface area contributed by atoms with Crippen LogP contribution < -0.4 is 4.90 Å². The Morgan fingerprint density at radius 1 is 1.33 bits per heavy atom. The van der Waals surface area contributed by atoms with Crippen LogP contribution >= 0.6 is 0 Å².